The third kappa shape index (κ3) is 6.28. The predicted molar refractivity (Wildman–Crippen MR) is 96.3 cm³/mol. The molecule has 0 aliphatic rings. The second-order valence-electron chi connectivity index (χ2n) is 5.42. The quantitative estimate of drug-likeness (QED) is 0.749. The van der Waals surface area contributed by atoms with Gasteiger partial charge in [-0.15, -0.1) is 0 Å². The molecule has 0 bridgehead atoms. The Balaban J connectivity index is 1.64. The molecule has 2 amide bonds. The van der Waals surface area contributed by atoms with E-state index in [4.69, 9.17) is 16.9 Å². The fraction of sp³-hybridized carbons (Fsp3) is 0.211. The van der Waals surface area contributed by atoms with Gasteiger partial charge in [0.1, 0.15) is 0 Å². The molecular weight excluding hydrogens is 338 g/mol. The summed E-state index contributed by atoms with van der Waals surface area (Å²) < 4.78 is 0. The van der Waals surface area contributed by atoms with E-state index in [9.17, 15) is 9.59 Å². The van der Waals surface area contributed by atoms with Crippen LogP contribution in [0.2, 0.25) is 5.02 Å². The van der Waals surface area contributed by atoms with Crippen LogP contribution >= 0.6 is 11.6 Å². The number of halogens is 1. The van der Waals surface area contributed by atoms with Gasteiger partial charge in [0.05, 0.1) is 11.6 Å². The molecule has 25 heavy (non-hydrogen) atoms. The fourth-order valence-electron chi connectivity index (χ4n) is 2.17. The molecule has 2 N–H and O–H groups in total. The van der Waals surface area contributed by atoms with Crippen molar-refractivity contribution in [3.8, 4) is 6.07 Å². The van der Waals surface area contributed by atoms with E-state index in [0.717, 1.165) is 5.56 Å². The lowest BCUT2D eigenvalue weighted by Gasteiger charge is -2.07. The number of benzene rings is 2. The number of carbonyl (C=O) groups excluding carboxylic acids is 2. The first-order chi connectivity index (χ1) is 12.1. The Kier molecular flexibility index (Phi) is 7.00. The number of nitrogens with one attached hydrogen (secondary N) is 2. The highest BCUT2D eigenvalue weighted by atomic mass is 35.5. The van der Waals surface area contributed by atoms with Crippen molar-refractivity contribution in [2.45, 2.75) is 12.8 Å². The Hall–Kier alpha value is -2.84. The molecule has 0 fully saturated rings. The summed E-state index contributed by atoms with van der Waals surface area (Å²) in [7, 11) is 0. The van der Waals surface area contributed by atoms with Crippen molar-refractivity contribution in [1.29, 1.82) is 5.26 Å². The Morgan fingerprint density at radius 3 is 2.24 bits per heavy atom. The van der Waals surface area contributed by atoms with Crippen LogP contribution in [0.25, 0.3) is 0 Å². The normalized spacial score (nSPS) is 9.92. The molecule has 2 aromatic carbocycles. The van der Waals surface area contributed by atoms with Crippen LogP contribution in [0.4, 0.5) is 0 Å². The second kappa shape index (κ2) is 9.45. The van der Waals surface area contributed by atoms with E-state index in [-0.39, 0.29) is 11.8 Å². The van der Waals surface area contributed by atoms with E-state index in [1.54, 1.807) is 36.4 Å². The van der Waals surface area contributed by atoms with Crippen molar-refractivity contribution in [3.05, 3.63) is 70.2 Å². The summed E-state index contributed by atoms with van der Waals surface area (Å²) in [6, 6.07) is 15.8. The van der Waals surface area contributed by atoms with Crippen LogP contribution in [-0.4, -0.2) is 24.9 Å². The molecule has 0 aliphatic carbocycles. The van der Waals surface area contributed by atoms with Crippen LogP contribution in [0.1, 0.15) is 27.9 Å². The summed E-state index contributed by atoms with van der Waals surface area (Å²) in [6.45, 7) is 0.718. The van der Waals surface area contributed by atoms with Crippen molar-refractivity contribution in [3.63, 3.8) is 0 Å². The molecule has 2 rings (SSSR count). The minimum Gasteiger partial charge on any atom is -0.354 e. The van der Waals surface area contributed by atoms with Crippen molar-refractivity contribution in [1.82, 2.24) is 10.6 Å². The second-order valence-corrected chi connectivity index (χ2v) is 5.86. The summed E-state index contributed by atoms with van der Waals surface area (Å²) in [5.74, 6) is -0.284. The Morgan fingerprint density at radius 1 is 0.960 bits per heavy atom. The number of rotatable bonds is 7. The molecule has 128 valence electrons. The van der Waals surface area contributed by atoms with Crippen molar-refractivity contribution in [2.75, 3.05) is 13.1 Å². The summed E-state index contributed by atoms with van der Waals surface area (Å²) in [6.07, 6.45) is 0.964. The van der Waals surface area contributed by atoms with Crippen molar-refractivity contribution >= 4 is 23.4 Å². The van der Waals surface area contributed by atoms with Gasteiger partial charge in [0.15, 0.2) is 0 Å². The van der Waals surface area contributed by atoms with Crippen LogP contribution in [0, 0.1) is 11.3 Å². The first-order valence-corrected chi connectivity index (χ1v) is 8.26. The van der Waals surface area contributed by atoms with Gasteiger partial charge in [0.2, 0.25) is 5.91 Å². The highest BCUT2D eigenvalue weighted by Crippen LogP contribution is 2.09. The van der Waals surface area contributed by atoms with Gasteiger partial charge >= 0.3 is 0 Å². The molecule has 0 unspecified atom stereocenters. The van der Waals surface area contributed by atoms with E-state index in [1.165, 1.54) is 0 Å². The Bertz CT molecular complexity index is 765. The molecule has 0 atom stereocenters. The zero-order valence-electron chi connectivity index (χ0n) is 13.6. The SMILES string of the molecule is N#Cc1ccc(CCC(=O)NCCNC(=O)c2ccc(Cl)cc2)cc1. The molecule has 0 spiro atoms. The Morgan fingerprint density at radius 2 is 1.60 bits per heavy atom. The molecule has 0 aliphatic heterocycles. The molecule has 5 nitrogen and oxygen atoms in total. The molecule has 2 aromatic rings. The van der Waals surface area contributed by atoms with Crippen LogP contribution in [-0.2, 0) is 11.2 Å². The number of carbonyl (C=O) groups is 2. The number of aryl methyl sites for hydroxylation is 1. The molecule has 0 saturated heterocycles. The largest absolute Gasteiger partial charge is 0.354 e. The number of hydrogen-bond acceptors (Lipinski definition) is 3. The fourth-order valence-corrected chi connectivity index (χ4v) is 2.30. The number of nitrogens with zero attached hydrogens (tertiary/aromatic N) is 1. The monoisotopic (exact) mass is 355 g/mol. The van der Waals surface area contributed by atoms with Crippen LogP contribution in [0.3, 0.4) is 0 Å². The van der Waals surface area contributed by atoms with Gasteiger partial charge in [-0.05, 0) is 48.4 Å². The third-order valence-corrected chi connectivity index (χ3v) is 3.81. The standard InChI is InChI=1S/C19H18ClN3O2/c20-17-8-6-16(7-9-17)19(25)23-12-11-22-18(24)10-5-14-1-3-15(13-21)4-2-14/h1-4,6-9H,5,10-12H2,(H,22,24)(H,23,25). The van der Waals surface area contributed by atoms with Gasteiger partial charge in [0, 0.05) is 30.1 Å². The average Bonchev–Trinajstić information content (AvgIpc) is 2.64. The van der Waals surface area contributed by atoms with E-state index in [2.05, 4.69) is 16.7 Å². The molecular formula is C19H18ClN3O2. The summed E-state index contributed by atoms with van der Waals surface area (Å²) in [5, 5.41) is 14.8. The minimum absolute atomic E-state index is 0.0786. The maximum absolute atomic E-state index is 11.9. The minimum atomic E-state index is -0.205. The van der Waals surface area contributed by atoms with Gasteiger partial charge in [-0.3, -0.25) is 9.59 Å². The average molecular weight is 356 g/mol. The van der Waals surface area contributed by atoms with E-state index < -0.39 is 0 Å². The van der Waals surface area contributed by atoms with E-state index >= 15 is 0 Å². The highest BCUT2D eigenvalue weighted by Gasteiger charge is 2.05. The summed E-state index contributed by atoms with van der Waals surface area (Å²) in [5.41, 5.74) is 2.13. The first kappa shape index (κ1) is 18.5. The summed E-state index contributed by atoms with van der Waals surface area (Å²) in [4.78, 5) is 23.7. The zero-order chi connectivity index (χ0) is 18.1. The number of hydrogen-bond donors (Lipinski definition) is 2. The predicted octanol–water partition coefficient (Wildman–Crippen LogP) is 2.69. The van der Waals surface area contributed by atoms with Gasteiger partial charge < -0.3 is 10.6 Å². The third-order valence-electron chi connectivity index (χ3n) is 3.56. The first-order valence-electron chi connectivity index (χ1n) is 7.88. The molecule has 0 heterocycles. The maximum atomic E-state index is 11.9. The van der Waals surface area contributed by atoms with Crippen LogP contribution in [0.15, 0.2) is 48.5 Å². The van der Waals surface area contributed by atoms with Crippen LogP contribution < -0.4 is 10.6 Å². The van der Waals surface area contributed by atoms with Crippen molar-refractivity contribution in [2.24, 2.45) is 0 Å². The van der Waals surface area contributed by atoms with E-state index in [0.29, 0.717) is 42.1 Å². The lowest BCUT2D eigenvalue weighted by molar-refractivity contribution is -0.121. The number of amides is 2. The van der Waals surface area contributed by atoms with Crippen molar-refractivity contribution < 1.29 is 9.59 Å². The highest BCUT2D eigenvalue weighted by molar-refractivity contribution is 6.30. The lowest BCUT2D eigenvalue weighted by atomic mass is 10.1. The van der Waals surface area contributed by atoms with Gasteiger partial charge in [0.25, 0.3) is 5.91 Å². The van der Waals surface area contributed by atoms with Gasteiger partial charge in [-0.25, -0.2) is 0 Å². The number of nitriles is 1. The smallest absolute Gasteiger partial charge is 0.251 e. The van der Waals surface area contributed by atoms with Gasteiger partial charge in [-0.2, -0.15) is 5.26 Å². The van der Waals surface area contributed by atoms with Crippen LogP contribution in [0.5, 0.6) is 0 Å². The summed E-state index contributed by atoms with van der Waals surface area (Å²) >= 11 is 5.77. The molecule has 0 saturated carbocycles. The molecule has 6 heteroatoms. The van der Waals surface area contributed by atoms with E-state index in [1.807, 2.05) is 12.1 Å². The zero-order valence-corrected chi connectivity index (χ0v) is 14.3. The molecule has 0 aromatic heterocycles. The topological polar surface area (TPSA) is 82.0 Å². The van der Waals surface area contributed by atoms with Gasteiger partial charge in [-0.1, -0.05) is 23.7 Å². The lowest BCUT2D eigenvalue weighted by Crippen LogP contribution is -2.34. The maximum Gasteiger partial charge on any atom is 0.251 e. The Labute approximate surface area is 151 Å². The molecule has 0 radical (unpaired) electrons.